The molecule has 0 aromatic rings. The molecule has 12 heavy (non-hydrogen) atoms. The molecule has 2 unspecified atom stereocenters. The van der Waals surface area contributed by atoms with Crippen LogP contribution in [0.3, 0.4) is 0 Å². The van der Waals surface area contributed by atoms with Gasteiger partial charge in [0, 0.05) is 0 Å². The van der Waals surface area contributed by atoms with Gasteiger partial charge in [0.05, 0.1) is 5.60 Å². The number of rotatable bonds is 2. The highest BCUT2D eigenvalue weighted by molar-refractivity contribution is 5.05. The molecule has 0 radical (unpaired) electrons. The molecule has 0 aliphatic heterocycles. The van der Waals surface area contributed by atoms with E-state index in [-0.39, 0.29) is 0 Å². The molecule has 1 aliphatic rings. The third-order valence-corrected chi connectivity index (χ3v) is 3.23. The molecule has 1 heteroatoms. The smallest absolute Gasteiger partial charge is 0.0648 e. The van der Waals surface area contributed by atoms with E-state index in [4.69, 9.17) is 0 Å². The van der Waals surface area contributed by atoms with Crippen molar-refractivity contribution in [3.05, 3.63) is 11.6 Å². The minimum absolute atomic E-state index is 0.447. The van der Waals surface area contributed by atoms with Crippen molar-refractivity contribution in [1.29, 1.82) is 0 Å². The molecular weight excluding hydrogens is 148 g/mol. The summed E-state index contributed by atoms with van der Waals surface area (Å²) in [5, 5.41) is 10.0. The van der Waals surface area contributed by atoms with Crippen LogP contribution in [0.5, 0.6) is 0 Å². The molecule has 1 rings (SSSR count). The molecule has 70 valence electrons. The van der Waals surface area contributed by atoms with Gasteiger partial charge in [0.1, 0.15) is 0 Å². The van der Waals surface area contributed by atoms with Crippen molar-refractivity contribution in [1.82, 2.24) is 0 Å². The Morgan fingerprint density at radius 2 is 2.33 bits per heavy atom. The Bertz CT molecular complexity index is 179. The molecule has 0 amide bonds. The van der Waals surface area contributed by atoms with E-state index in [0.717, 1.165) is 19.3 Å². The van der Waals surface area contributed by atoms with Gasteiger partial charge < -0.3 is 5.11 Å². The molecule has 0 fully saturated rings. The van der Waals surface area contributed by atoms with E-state index in [1.165, 1.54) is 12.0 Å². The first kappa shape index (κ1) is 9.79. The molecule has 0 saturated heterocycles. The van der Waals surface area contributed by atoms with Gasteiger partial charge >= 0.3 is 0 Å². The molecule has 0 aromatic carbocycles. The highest BCUT2D eigenvalue weighted by Gasteiger charge is 2.30. The quantitative estimate of drug-likeness (QED) is 0.629. The number of hydrogen-bond acceptors (Lipinski definition) is 1. The molecule has 0 spiro atoms. The van der Waals surface area contributed by atoms with Gasteiger partial charge in [0.15, 0.2) is 0 Å². The summed E-state index contributed by atoms with van der Waals surface area (Å²) in [4.78, 5) is 0. The Morgan fingerprint density at radius 3 is 2.75 bits per heavy atom. The SMILES string of the molecule is CCC(C)(O)C1CC=C(C)CC1. The lowest BCUT2D eigenvalue weighted by molar-refractivity contribution is -0.00873. The normalized spacial score (nSPS) is 29.3. The first-order chi connectivity index (χ1) is 5.56. The molecule has 0 aromatic heterocycles. The lowest BCUT2D eigenvalue weighted by atomic mass is 9.77. The van der Waals surface area contributed by atoms with Crippen molar-refractivity contribution >= 4 is 0 Å². The fraction of sp³-hybridized carbons (Fsp3) is 0.818. The predicted molar refractivity (Wildman–Crippen MR) is 52.0 cm³/mol. The highest BCUT2D eigenvalue weighted by atomic mass is 16.3. The summed E-state index contributed by atoms with van der Waals surface area (Å²) in [6.07, 6.45) is 6.53. The van der Waals surface area contributed by atoms with Crippen LogP contribution in [0.1, 0.15) is 46.5 Å². The maximum Gasteiger partial charge on any atom is 0.0648 e. The Morgan fingerprint density at radius 1 is 1.67 bits per heavy atom. The minimum Gasteiger partial charge on any atom is -0.390 e. The fourth-order valence-corrected chi connectivity index (χ4v) is 1.82. The van der Waals surface area contributed by atoms with Crippen LogP contribution < -0.4 is 0 Å². The van der Waals surface area contributed by atoms with E-state index < -0.39 is 5.60 Å². The molecule has 1 nitrogen and oxygen atoms in total. The van der Waals surface area contributed by atoms with Crippen LogP contribution in [-0.4, -0.2) is 10.7 Å². The lowest BCUT2D eigenvalue weighted by Crippen LogP contribution is -2.34. The van der Waals surface area contributed by atoms with Crippen LogP contribution in [-0.2, 0) is 0 Å². The summed E-state index contributed by atoms with van der Waals surface area (Å²) in [5.41, 5.74) is 1.04. The second kappa shape index (κ2) is 3.61. The molecule has 0 saturated carbocycles. The summed E-state index contributed by atoms with van der Waals surface area (Å²) in [5.74, 6) is 0.478. The third kappa shape index (κ3) is 2.10. The van der Waals surface area contributed by atoms with Gasteiger partial charge in [-0.25, -0.2) is 0 Å². The summed E-state index contributed by atoms with van der Waals surface area (Å²) in [7, 11) is 0. The molecule has 1 aliphatic carbocycles. The van der Waals surface area contributed by atoms with E-state index in [2.05, 4.69) is 19.9 Å². The Labute approximate surface area is 75.5 Å². The lowest BCUT2D eigenvalue weighted by Gasteiger charge is -2.33. The van der Waals surface area contributed by atoms with Gasteiger partial charge in [0.2, 0.25) is 0 Å². The zero-order valence-corrected chi connectivity index (χ0v) is 8.43. The van der Waals surface area contributed by atoms with E-state index in [9.17, 15) is 5.11 Å². The molecule has 1 N–H and O–H groups in total. The van der Waals surface area contributed by atoms with Crippen molar-refractivity contribution in [2.45, 2.75) is 52.1 Å². The van der Waals surface area contributed by atoms with E-state index in [0.29, 0.717) is 5.92 Å². The maximum absolute atomic E-state index is 10.0. The van der Waals surface area contributed by atoms with Crippen molar-refractivity contribution in [3.8, 4) is 0 Å². The minimum atomic E-state index is -0.447. The standard InChI is InChI=1S/C11H20O/c1-4-11(3,12)10-7-5-9(2)6-8-10/h5,10,12H,4,6-8H2,1-3H3. The van der Waals surface area contributed by atoms with Crippen molar-refractivity contribution < 1.29 is 5.11 Å². The largest absolute Gasteiger partial charge is 0.390 e. The average Bonchev–Trinajstić information content (AvgIpc) is 2.05. The number of aliphatic hydroxyl groups is 1. The molecule has 0 heterocycles. The topological polar surface area (TPSA) is 20.2 Å². The zero-order chi connectivity index (χ0) is 9.19. The average molecular weight is 168 g/mol. The molecule has 0 bridgehead atoms. The molecular formula is C11H20O. The van der Waals surface area contributed by atoms with Crippen LogP contribution in [0.4, 0.5) is 0 Å². The van der Waals surface area contributed by atoms with Crippen LogP contribution in [0.15, 0.2) is 11.6 Å². The number of hydrogen-bond donors (Lipinski definition) is 1. The van der Waals surface area contributed by atoms with Crippen molar-refractivity contribution in [2.75, 3.05) is 0 Å². The van der Waals surface area contributed by atoms with Gasteiger partial charge in [0.25, 0.3) is 0 Å². The first-order valence-electron chi connectivity index (χ1n) is 4.94. The zero-order valence-electron chi connectivity index (χ0n) is 8.43. The third-order valence-electron chi connectivity index (χ3n) is 3.23. The van der Waals surface area contributed by atoms with Gasteiger partial charge in [-0.2, -0.15) is 0 Å². The van der Waals surface area contributed by atoms with E-state index in [1.807, 2.05) is 6.92 Å². The summed E-state index contributed by atoms with van der Waals surface area (Å²) >= 11 is 0. The summed E-state index contributed by atoms with van der Waals surface area (Å²) < 4.78 is 0. The summed E-state index contributed by atoms with van der Waals surface area (Å²) in [6.45, 7) is 6.20. The van der Waals surface area contributed by atoms with Gasteiger partial charge in [-0.1, -0.05) is 18.6 Å². The highest BCUT2D eigenvalue weighted by Crippen LogP contribution is 2.33. The van der Waals surface area contributed by atoms with Gasteiger partial charge in [-0.15, -0.1) is 0 Å². The van der Waals surface area contributed by atoms with E-state index >= 15 is 0 Å². The predicted octanol–water partition coefficient (Wildman–Crippen LogP) is 2.89. The fourth-order valence-electron chi connectivity index (χ4n) is 1.82. The second-order valence-electron chi connectivity index (χ2n) is 4.23. The maximum atomic E-state index is 10.0. The second-order valence-corrected chi connectivity index (χ2v) is 4.23. The van der Waals surface area contributed by atoms with Gasteiger partial charge in [-0.3, -0.25) is 0 Å². The summed E-state index contributed by atoms with van der Waals surface area (Å²) in [6, 6.07) is 0. The van der Waals surface area contributed by atoms with Crippen LogP contribution in [0.2, 0.25) is 0 Å². The number of allylic oxidation sites excluding steroid dienone is 2. The van der Waals surface area contributed by atoms with Crippen LogP contribution in [0, 0.1) is 5.92 Å². The van der Waals surface area contributed by atoms with Gasteiger partial charge in [-0.05, 0) is 45.4 Å². The van der Waals surface area contributed by atoms with Crippen molar-refractivity contribution in [3.63, 3.8) is 0 Å². The monoisotopic (exact) mass is 168 g/mol. The Hall–Kier alpha value is -0.300. The first-order valence-corrected chi connectivity index (χ1v) is 4.94. The van der Waals surface area contributed by atoms with Crippen LogP contribution >= 0.6 is 0 Å². The molecule has 2 atom stereocenters. The Balaban J connectivity index is 2.56. The Kier molecular flexibility index (Phi) is 2.94. The van der Waals surface area contributed by atoms with Crippen LogP contribution in [0.25, 0.3) is 0 Å². The van der Waals surface area contributed by atoms with E-state index in [1.54, 1.807) is 0 Å². The van der Waals surface area contributed by atoms with Crippen molar-refractivity contribution in [2.24, 2.45) is 5.92 Å².